The lowest BCUT2D eigenvalue weighted by molar-refractivity contribution is -0.141. The lowest BCUT2D eigenvalue weighted by atomic mass is 10.1. The number of nitrogens with zero attached hydrogens (tertiary/aromatic N) is 3. The van der Waals surface area contributed by atoms with Gasteiger partial charge in [0.25, 0.3) is 0 Å². The molecule has 0 radical (unpaired) electrons. The molecule has 0 aliphatic carbocycles. The van der Waals surface area contributed by atoms with E-state index in [0.29, 0.717) is 11.3 Å². The predicted molar refractivity (Wildman–Crippen MR) is 142 cm³/mol. The molecule has 1 N–H and O–H groups in total. The molecule has 1 atom stereocenters. The van der Waals surface area contributed by atoms with Gasteiger partial charge in [-0.15, -0.1) is 0 Å². The minimum Gasteiger partial charge on any atom is -0.497 e. The summed E-state index contributed by atoms with van der Waals surface area (Å²) in [5, 5.41) is 2.90. The first-order valence-electron chi connectivity index (χ1n) is 11.9. The molecule has 0 heterocycles. The Morgan fingerprint density at radius 3 is 2.14 bits per heavy atom. The number of hydrogen-bond donors (Lipinski definition) is 1. The second-order valence-corrected chi connectivity index (χ2v) is 11.8. The maximum Gasteiger partial charge on any atom is 0.304 e. The van der Waals surface area contributed by atoms with E-state index >= 15 is 0 Å². The standard InChI is InChI=1S/C26H37FN4O5S/c1-8-22(25(33)28-26(2,3)4)30(17-19-13-15-20(36-7)16-14-19)24(32)18-31(37(34,35)29(5)6)23-12-10-9-11-21(23)27/h9-16,22H,8,17-18H2,1-7H3,(H,28,33)/t22-/m0/s1. The van der Waals surface area contributed by atoms with E-state index in [1.807, 2.05) is 20.8 Å². The number of amides is 2. The van der Waals surface area contributed by atoms with E-state index in [9.17, 15) is 22.4 Å². The summed E-state index contributed by atoms with van der Waals surface area (Å²) >= 11 is 0. The minimum atomic E-state index is -4.24. The van der Waals surface area contributed by atoms with Crippen LogP contribution in [-0.4, -0.2) is 68.8 Å². The monoisotopic (exact) mass is 536 g/mol. The lowest BCUT2D eigenvalue weighted by Crippen LogP contribution is -2.55. The maximum atomic E-state index is 14.7. The first-order valence-corrected chi connectivity index (χ1v) is 13.3. The van der Waals surface area contributed by atoms with Crippen molar-refractivity contribution in [2.45, 2.75) is 52.2 Å². The van der Waals surface area contributed by atoms with Crippen molar-refractivity contribution < 1.29 is 27.1 Å². The SMILES string of the molecule is CC[C@@H](C(=O)NC(C)(C)C)N(Cc1ccc(OC)cc1)C(=O)CN(c1ccccc1F)S(=O)(=O)N(C)C. The Morgan fingerprint density at radius 2 is 1.65 bits per heavy atom. The third kappa shape index (κ3) is 7.90. The van der Waals surface area contributed by atoms with Crippen LogP contribution < -0.4 is 14.4 Å². The molecule has 0 bridgehead atoms. The van der Waals surface area contributed by atoms with Gasteiger partial charge in [-0.3, -0.25) is 9.59 Å². The number of halogens is 1. The number of anilines is 1. The molecule has 0 fully saturated rings. The molecule has 37 heavy (non-hydrogen) atoms. The summed E-state index contributed by atoms with van der Waals surface area (Å²) in [7, 11) is -0.105. The van der Waals surface area contributed by atoms with Crippen LogP contribution in [0.1, 0.15) is 39.7 Å². The van der Waals surface area contributed by atoms with Gasteiger partial charge in [-0.2, -0.15) is 12.7 Å². The van der Waals surface area contributed by atoms with Gasteiger partial charge in [0.2, 0.25) is 11.8 Å². The Balaban J connectivity index is 2.53. The number of ether oxygens (including phenoxy) is 1. The Bertz CT molecular complexity index is 1180. The molecule has 0 saturated heterocycles. The Kier molecular flexibility index (Phi) is 10.0. The van der Waals surface area contributed by atoms with Crippen molar-refractivity contribution in [3.63, 3.8) is 0 Å². The number of hydrogen-bond acceptors (Lipinski definition) is 5. The number of para-hydroxylation sites is 1. The second kappa shape index (κ2) is 12.4. The highest BCUT2D eigenvalue weighted by atomic mass is 32.2. The average Bonchev–Trinajstić information content (AvgIpc) is 2.82. The second-order valence-electron chi connectivity index (χ2n) is 9.78. The molecular formula is C26H37FN4O5S. The number of carbonyl (C=O) groups is 2. The van der Waals surface area contributed by atoms with Gasteiger partial charge in [0, 0.05) is 26.2 Å². The first kappa shape index (κ1) is 30.0. The smallest absolute Gasteiger partial charge is 0.304 e. The predicted octanol–water partition coefficient (Wildman–Crippen LogP) is 3.17. The van der Waals surface area contributed by atoms with E-state index in [0.717, 1.165) is 14.7 Å². The average molecular weight is 537 g/mol. The van der Waals surface area contributed by atoms with Gasteiger partial charge in [0.1, 0.15) is 24.2 Å². The van der Waals surface area contributed by atoms with E-state index in [1.54, 1.807) is 31.2 Å². The van der Waals surface area contributed by atoms with Crippen LogP contribution in [0.2, 0.25) is 0 Å². The molecule has 0 aliphatic heterocycles. The molecule has 0 unspecified atom stereocenters. The normalized spacial score (nSPS) is 12.7. The molecule has 0 spiro atoms. The van der Waals surface area contributed by atoms with Crippen LogP contribution >= 0.6 is 0 Å². The number of methoxy groups -OCH3 is 1. The summed E-state index contributed by atoms with van der Waals surface area (Å²) in [6.45, 7) is 6.60. The van der Waals surface area contributed by atoms with Gasteiger partial charge < -0.3 is 15.0 Å². The molecule has 9 nitrogen and oxygen atoms in total. The van der Waals surface area contributed by atoms with Crippen LogP contribution in [0.25, 0.3) is 0 Å². The Labute approximate surface area is 219 Å². The zero-order chi connectivity index (χ0) is 28.0. The highest BCUT2D eigenvalue weighted by Crippen LogP contribution is 2.24. The molecule has 2 amide bonds. The molecule has 11 heteroatoms. The van der Waals surface area contributed by atoms with Gasteiger partial charge in [0.15, 0.2) is 0 Å². The molecule has 0 saturated carbocycles. The van der Waals surface area contributed by atoms with E-state index < -0.39 is 40.1 Å². The molecule has 2 aromatic carbocycles. The summed E-state index contributed by atoms with van der Waals surface area (Å²) in [5.41, 5.74) is -0.0995. The number of nitrogens with one attached hydrogen (secondary N) is 1. The highest BCUT2D eigenvalue weighted by Gasteiger charge is 2.35. The van der Waals surface area contributed by atoms with Crippen molar-refractivity contribution in [2.24, 2.45) is 0 Å². The van der Waals surface area contributed by atoms with Crippen molar-refractivity contribution in [1.82, 2.24) is 14.5 Å². The fourth-order valence-electron chi connectivity index (χ4n) is 3.66. The summed E-state index contributed by atoms with van der Waals surface area (Å²) in [5.74, 6) is -1.19. The summed E-state index contributed by atoms with van der Waals surface area (Å²) in [4.78, 5) is 28.3. The zero-order valence-electron chi connectivity index (χ0n) is 22.5. The topological polar surface area (TPSA) is 99.3 Å². The number of carbonyl (C=O) groups excluding carboxylic acids is 2. The van der Waals surface area contributed by atoms with E-state index in [4.69, 9.17) is 4.74 Å². The van der Waals surface area contributed by atoms with Gasteiger partial charge in [0.05, 0.1) is 12.8 Å². The lowest BCUT2D eigenvalue weighted by Gasteiger charge is -2.35. The van der Waals surface area contributed by atoms with Crippen LogP contribution in [0.3, 0.4) is 0 Å². The Morgan fingerprint density at radius 1 is 1.05 bits per heavy atom. The van der Waals surface area contributed by atoms with Gasteiger partial charge in [-0.05, 0) is 57.0 Å². The quantitative estimate of drug-likeness (QED) is 0.476. The largest absolute Gasteiger partial charge is 0.497 e. The van der Waals surface area contributed by atoms with Gasteiger partial charge in [-0.1, -0.05) is 31.2 Å². The highest BCUT2D eigenvalue weighted by molar-refractivity contribution is 7.90. The van der Waals surface area contributed by atoms with E-state index in [-0.39, 0.29) is 24.6 Å². The van der Waals surface area contributed by atoms with Crippen molar-refractivity contribution in [3.05, 3.63) is 59.9 Å². The number of benzene rings is 2. The minimum absolute atomic E-state index is 0.0338. The maximum absolute atomic E-state index is 14.7. The zero-order valence-corrected chi connectivity index (χ0v) is 23.3. The van der Waals surface area contributed by atoms with Crippen LogP contribution in [0.15, 0.2) is 48.5 Å². The summed E-state index contributed by atoms with van der Waals surface area (Å²) in [6.07, 6.45) is 0.282. The summed E-state index contributed by atoms with van der Waals surface area (Å²) < 4.78 is 47.8. The molecule has 0 aliphatic rings. The van der Waals surface area contributed by atoms with Crippen molar-refractivity contribution in [3.8, 4) is 5.75 Å². The van der Waals surface area contributed by atoms with Crippen LogP contribution in [0, 0.1) is 5.82 Å². The molecule has 2 aromatic rings. The van der Waals surface area contributed by atoms with E-state index in [1.165, 1.54) is 44.3 Å². The first-order chi connectivity index (χ1) is 17.2. The van der Waals surface area contributed by atoms with Crippen LogP contribution in [0.4, 0.5) is 10.1 Å². The summed E-state index contributed by atoms with van der Waals surface area (Å²) in [6, 6.07) is 11.4. The third-order valence-electron chi connectivity index (χ3n) is 5.54. The van der Waals surface area contributed by atoms with Gasteiger partial charge in [-0.25, -0.2) is 8.70 Å². The van der Waals surface area contributed by atoms with Crippen molar-refractivity contribution in [2.75, 3.05) is 32.1 Å². The molecule has 0 aromatic heterocycles. The van der Waals surface area contributed by atoms with Crippen molar-refractivity contribution >= 4 is 27.7 Å². The fraction of sp³-hybridized carbons (Fsp3) is 0.462. The van der Waals surface area contributed by atoms with Crippen LogP contribution in [0.5, 0.6) is 5.75 Å². The molecule has 204 valence electrons. The molecule has 2 rings (SSSR count). The van der Waals surface area contributed by atoms with Crippen molar-refractivity contribution in [1.29, 1.82) is 0 Å². The third-order valence-corrected chi connectivity index (χ3v) is 7.34. The van der Waals surface area contributed by atoms with Gasteiger partial charge >= 0.3 is 10.2 Å². The fourth-order valence-corrected chi connectivity index (χ4v) is 4.72. The molecular weight excluding hydrogens is 499 g/mol. The van der Waals surface area contributed by atoms with Crippen LogP contribution in [-0.2, 0) is 26.3 Å². The van der Waals surface area contributed by atoms with E-state index in [2.05, 4.69) is 5.32 Å². The Hall–Kier alpha value is -3.18. The number of rotatable bonds is 11.